The van der Waals surface area contributed by atoms with Crippen LogP contribution in [0.5, 0.6) is 5.75 Å². The van der Waals surface area contributed by atoms with E-state index in [-0.39, 0.29) is 22.8 Å². The van der Waals surface area contributed by atoms with Crippen LogP contribution in [0.4, 0.5) is 23.7 Å². The molecule has 182 valence electrons. The smallest absolute Gasteiger partial charge is 0.406 e. The van der Waals surface area contributed by atoms with Crippen molar-refractivity contribution in [3.05, 3.63) is 65.4 Å². The van der Waals surface area contributed by atoms with Crippen LogP contribution >= 0.6 is 11.6 Å². The molecule has 0 saturated carbocycles. The van der Waals surface area contributed by atoms with Gasteiger partial charge < -0.3 is 9.84 Å². The topological polar surface area (TPSA) is 123 Å². The Hall–Kier alpha value is -3.13. The Morgan fingerprint density at radius 1 is 1.24 bits per heavy atom. The van der Waals surface area contributed by atoms with Gasteiger partial charge in [0.25, 0.3) is 0 Å². The molecule has 2 aromatic carbocycles. The fraction of sp³-hybridized carbons (Fsp3) is 0.200. The molecule has 1 amide bonds. The number of hydrogen-bond acceptors (Lipinski definition) is 6. The summed E-state index contributed by atoms with van der Waals surface area (Å²) in [6, 6.07) is 10.3. The minimum absolute atomic E-state index is 0.0367. The lowest BCUT2D eigenvalue weighted by molar-refractivity contribution is -0.143. The van der Waals surface area contributed by atoms with Gasteiger partial charge in [-0.1, -0.05) is 17.7 Å². The number of nitrogens with zero attached hydrogens (tertiary/aromatic N) is 2. The number of carbonyl (C=O) groups is 1. The maximum absolute atomic E-state index is 13.7. The second-order valence-electron chi connectivity index (χ2n) is 6.99. The zero-order valence-electron chi connectivity index (χ0n) is 17.4. The largest absolute Gasteiger partial charge is 0.437 e. The Kier molecular flexibility index (Phi) is 7.51. The molecule has 3 N–H and O–H groups in total. The number of alkyl halides is 3. The molecule has 1 heterocycles. The third kappa shape index (κ3) is 6.26. The van der Waals surface area contributed by atoms with E-state index in [2.05, 4.69) is 15.1 Å². The summed E-state index contributed by atoms with van der Waals surface area (Å²) in [6.45, 7) is 1.15. The van der Waals surface area contributed by atoms with E-state index in [0.717, 1.165) is 12.3 Å². The molecule has 0 bridgehead atoms. The molecule has 1 unspecified atom stereocenters. The maximum Gasteiger partial charge on any atom is 0.437 e. The number of ether oxygens (including phenoxy) is 1. The fourth-order valence-corrected chi connectivity index (χ4v) is 4.04. The van der Waals surface area contributed by atoms with E-state index in [4.69, 9.17) is 16.3 Å². The van der Waals surface area contributed by atoms with Crippen molar-refractivity contribution in [1.29, 1.82) is 0 Å². The van der Waals surface area contributed by atoms with Crippen LogP contribution in [-0.2, 0) is 16.2 Å². The number of amides is 1. The van der Waals surface area contributed by atoms with Crippen molar-refractivity contribution in [2.24, 2.45) is 0 Å². The summed E-state index contributed by atoms with van der Waals surface area (Å²) in [5.41, 5.74) is -1.35. The zero-order valence-corrected chi connectivity index (χ0v) is 18.9. The summed E-state index contributed by atoms with van der Waals surface area (Å²) in [6.07, 6.45) is -6.41. The highest BCUT2D eigenvalue weighted by Crippen LogP contribution is 2.38. The molecule has 0 aliphatic rings. The van der Waals surface area contributed by atoms with E-state index in [1.54, 1.807) is 0 Å². The van der Waals surface area contributed by atoms with E-state index in [1.807, 2.05) is 0 Å². The summed E-state index contributed by atoms with van der Waals surface area (Å²) in [7, 11) is -4.00. The Morgan fingerprint density at radius 3 is 2.53 bits per heavy atom. The molecule has 3 rings (SSSR count). The molecule has 34 heavy (non-hydrogen) atoms. The number of rotatable bonds is 7. The van der Waals surface area contributed by atoms with Crippen molar-refractivity contribution >= 4 is 33.4 Å². The third-order valence-corrected chi connectivity index (χ3v) is 5.91. The molecular formula is C20H18ClF3N4O5S. The van der Waals surface area contributed by atoms with E-state index >= 15 is 0 Å². The minimum atomic E-state index is -4.92. The first-order chi connectivity index (χ1) is 15.9. The predicted molar refractivity (Wildman–Crippen MR) is 117 cm³/mol. The molecule has 0 aliphatic carbocycles. The Labute approximate surface area is 197 Å². The van der Waals surface area contributed by atoms with Gasteiger partial charge in [0.15, 0.2) is 11.4 Å². The normalized spacial score (nSPS) is 12.9. The van der Waals surface area contributed by atoms with Crippen LogP contribution in [0.3, 0.4) is 0 Å². The molecule has 0 saturated heterocycles. The van der Waals surface area contributed by atoms with Crippen molar-refractivity contribution in [3.63, 3.8) is 0 Å². The number of aliphatic hydroxyl groups is 1. The Bertz CT molecular complexity index is 1280. The van der Waals surface area contributed by atoms with Gasteiger partial charge in [0, 0.05) is 17.3 Å². The second-order valence-corrected chi connectivity index (χ2v) is 9.19. The summed E-state index contributed by atoms with van der Waals surface area (Å²) >= 11 is 5.77. The van der Waals surface area contributed by atoms with Crippen molar-refractivity contribution in [1.82, 2.24) is 14.5 Å². The monoisotopic (exact) mass is 518 g/mol. The van der Waals surface area contributed by atoms with Gasteiger partial charge in [0.05, 0.1) is 22.9 Å². The van der Waals surface area contributed by atoms with Crippen LogP contribution in [0.2, 0.25) is 5.02 Å². The molecule has 0 spiro atoms. The first kappa shape index (κ1) is 25.5. The van der Waals surface area contributed by atoms with Crippen LogP contribution in [0.15, 0.2) is 59.6 Å². The predicted octanol–water partition coefficient (Wildman–Crippen LogP) is 3.81. The van der Waals surface area contributed by atoms with Gasteiger partial charge in [-0.15, -0.1) is 0 Å². The van der Waals surface area contributed by atoms with Crippen LogP contribution in [0.1, 0.15) is 12.6 Å². The summed E-state index contributed by atoms with van der Waals surface area (Å²) in [5.74, 6) is -0.859. The summed E-state index contributed by atoms with van der Waals surface area (Å²) in [4.78, 5) is 12.0. The van der Waals surface area contributed by atoms with Gasteiger partial charge in [-0.25, -0.2) is 22.6 Å². The zero-order chi connectivity index (χ0) is 25.1. The van der Waals surface area contributed by atoms with Gasteiger partial charge in [-0.05, 0) is 49.4 Å². The van der Waals surface area contributed by atoms with Crippen molar-refractivity contribution < 1.29 is 36.2 Å². The number of anilines is 1. The van der Waals surface area contributed by atoms with Crippen molar-refractivity contribution in [2.75, 3.05) is 11.9 Å². The standard InChI is InChI=1S/C20H18ClF3N4O5S/c1-12(29)10-26-34(31,32)16-4-2-3-14(9-16)27-19(30)33-17-11-25-28(18(17)20(22,23)24)15-7-5-13(21)6-8-15/h2-9,11-12,26,29H,10H2,1H3,(H,27,30). The quantitative estimate of drug-likeness (QED) is 0.437. The minimum Gasteiger partial charge on any atom is -0.406 e. The van der Waals surface area contributed by atoms with Gasteiger partial charge in [0.1, 0.15) is 0 Å². The van der Waals surface area contributed by atoms with Gasteiger partial charge in [-0.2, -0.15) is 18.3 Å². The second kappa shape index (κ2) is 10.0. The highest BCUT2D eigenvalue weighted by atomic mass is 35.5. The number of carbonyl (C=O) groups excluding carboxylic acids is 1. The molecule has 0 aliphatic heterocycles. The number of halogens is 4. The maximum atomic E-state index is 13.7. The summed E-state index contributed by atoms with van der Waals surface area (Å²) < 4.78 is 73.2. The lowest BCUT2D eigenvalue weighted by Crippen LogP contribution is -2.30. The summed E-state index contributed by atoms with van der Waals surface area (Å²) in [5, 5.41) is 15.4. The number of hydrogen-bond donors (Lipinski definition) is 3. The third-order valence-electron chi connectivity index (χ3n) is 4.24. The van der Waals surface area contributed by atoms with Crippen molar-refractivity contribution in [3.8, 4) is 11.4 Å². The van der Waals surface area contributed by atoms with Crippen LogP contribution < -0.4 is 14.8 Å². The molecule has 0 radical (unpaired) electrons. The van der Waals surface area contributed by atoms with Crippen LogP contribution in [0, 0.1) is 0 Å². The highest BCUT2D eigenvalue weighted by Gasteiger charge is 2.40. The van der Waals surface area contributed by atoms with E-state index in [0.29, 0.717) is 9.70 Å². The number of aliphatic hydroxyl groups excluding tert-OH is 1. The van der Waals surface area contributed by atoms with Crippen molar-refractivity contribution in [2.45, 2.75) is 24.1 Å². The van der Waals surface area contributed by atoms with E-state index in [1.165, 1.54) is 49.4 Å². The molecule has 1 aromatic heterocycles. The van der Waals surface area contributed by atoms with E-state index in [9.17, 15) is 31.5 Å². The number of aromatic nitrogens is 2. The van der Waals surface area contributed by atoms with Gasteiger partial charge in [-0.3, -0.25) is 5.32 Å². The highest BCUT2D eigenvalue weighted by molar-refractivity contribution is 7.89. The molecule has 3 aromatic rings. The molecular weight excluding hydrogens is 501 g/mol. The van der Waals surface area contributed by atoms with Crippen LogP contribution in [-0.4, -0.2) is 42.0 Å². The Balaban J connectivity index is 1.81. The number of sulfonamides is 1. The van der Waals surface area contributed by atoms with E-state index < -0.39 is 39.8 Å². The molecule has 1 atom stereocenters. The fourth-order valence-electron chi connectivity index (χ4n) is 2.74. The lowest BCUT2D eigenvalue weighted by Gasteiger charge is -2.13. The van der Waals surface area contributed by atoms with Crippen LogP contribution in [0.25, 0.3) is 5.69 Å². The average molecular weight is 519 g/mol. The first-order valence-corrected chi connectivity index (χ1v) is 11.4. The SMILES string of the molecule is CC(O)CNS(=O)(=O)c1cccc(NC(=O)Oc2cnn(-c3ccc(Cl)cc3)c2C(F)(F)F)c1. The lowest BCUT2D eigenvalue weighted by atomic mass is 10.3. The molecule has 0 fully saturated rings. The number of nitrogens with one attached hydrogen (secondary N) is 2. The molecule has 9 nitrogen and oxygen atoms in total. The number of benzene rings is 2. The first-order valence-electron chi connectivity index (χ1n) is 9.54. The van der Waals surface area contributed by atoms with Gasteiger partial charge in [0.2, 0.25) is 10.0 Å². The Morgan fingerprint density at radius 2 is 1.91 bits per heavy atom. The average Bonchev–Trinajstić information content (AvgIpc) is 3.17. The molecule has 14 heteroatoms. The van der Waals surface area contributed by atoms with Gasteiger partial charge >= 0.3 is 12.3 Å².